The Morgan fingerprint density at radius 3 is 2.86 bits per heavy atom. The summed E-state index contributed by atoms with van der Waals surface area (Å²) in [4.78, 5) is 0. The zero-order chi connectivity index (χ0) is 10.4. The molecular formula is C12H24ClN. The second-order valence-corrected chi connectivity index (χ2v) is 5.42. The molecule has 0 saturated heterocycles. The molecule has 3 atom stereocenters. The summed E-state index contributed by atoms with van der Waals surface area (Å²) in [5.74, 6) is 1.64. The predicted octanol–water partition coefficient (Wildman–Crippen LogP) is 3.42. The lowest BCUT2D eigenvalue weighted by atomic mass is 9.89. The molecule has 0 heterocycles. The van der Waals surface area contributed by atoms with Gasteiger partial charge in [-0.15, -0.1) is 11.6 Å². The smallest absolute Gasteiger partial charge is 0.0339 e. The maximum atomic E-state index is 6.15. The SMILES string of the molecule is CCC(C)CNCC1CCCC(Cl)C1. The predicted molar refractivity (Wildman–Crippen MR) is 63.9 cm³/mol. The highest BCUT2D eigenvalue weighted by atomic mass is 35.5. The van der Waals surface area contributed by atoms with Crippen LogP contribution in [-0.2, 0) is 0 Å². The van der Waals surface area contributed by atoms with Gasteiger partial charge in [0.25, 0.3) is 0 Å². The summed E-state index contributed by atoms with van der Waals surface area (Å²) in [6.45, 7) is 6.90. The fourth-order valence-electron chi connectivity index (χ4n) is 2.09. The van der Waals surface area contributed by atoms with Gasteiger partial charge in [0.15, 0.2) is 0 Å². The first-order valence-electron chi connectivity index (χ1n) is 6.07. The lowest BCUT2D eigenvalue weighted by molar-refractivity contribution is 0.337. The van der Waals surface area contributed by atoms with E-state index in [1.54, 1.807) is 0 Å². The second-order valence-electron chi connectivity index (χ2n) is 4.80. The summed E-state index contributed by atoms with van der Waals surface area (Å²) >= 11 is 6.15. The van der Waals surface area contributed by atoms with Crippen LogP contribution in [0.3, 0.4) is 0 Å². The summed E-state index contributed by atoms with van der Waals surface area (Å²) in [7, 11) is 0. The molecule has 0 amide bonds. The second kappa shape index (κ2) is 6.68. The summed E-state index contributed by atoms with van der Waals surface area (Å²) in [5, 5.41) is 4.01. The topological polar surface area (TPSA) is 12.0 Å². The van der Waals surface area contributed by atoms with Crippen LogP contribution in [0.1, 0.15) is 46.0 Å². The van der Waals surface area contributed by atoms with E-state index in [4.69, 9.17) is 11.6 Å². The summed E-state index contributed by atoms with van der Waals surface area (Å²) in [6.07, 6.45) is 6.41. The average Bonchev–Trinajstić information content (AvgIpc) is 2.17. The largest absolute Gasteiger partial charge is 0.316 e. The van der Waals surface area contributed by atoms with Gasteiger partial charge in [-0.25, -0.2) is 0 Å². The van der Waals surface area contributed by atoms with E-state index >= 15 is 0 Å². The third-order valence-corrected chi connectivity index (χ3v) is 3.74. The Morgan fingerprint density at radius 2 is 2.21 bits per heavy atom. The zero-order valence-corrected chi connectivity index (χ0v) is 10.3. The average molecular weight is 218 g/mol. The van der Waals surface area contributed by atoms with Gasteiger partial charge in [0, 0.05) is 5.38 Å². The van der Waals surface area contributed by atoms with Gasteiger partial charge in [-0.2, -0.15) is 0 Å². The van der Waals surface area contributed by atoms with Gasteiger partial charge in [0.05, 0.1) is 0 Å². The van der Waals surface area contributed by atoms with Gasteiger partial charge < -0.3 is 5.32 Å². The molecule has 0 bridgehead atoms. The van der Waals surface area contributed by atoms with E-state index in [1.807, 2.05) is 0 Å². The third kappa shape index (κ3) is 4.65. The normalized spacial score (nSPS) is 30.2. The molecule has 0 spiro atoms. The summed E-state index contributed by atoms with van der Waals surface area (Å²) in [6, 6.07) is 0. The Balaban J connectivity index is 2.05. The Hall–Kier alpha value is 0.250. The van der Waals surface area contributed by atoms with E-state index in [0.29, 0.717) is 5.38 Å². The molecule has 3 unspecified atom stereocenters. The number of alkyl halides is 1. The van der Waals surface area contributed by atoms with Crippen LogP contribution in [0.4, 0.5) is 0 Å². The Morgan fingerprint density at radius 1 is 1.43 bits per heavy atom. The van der Waals surface area contributed by atoms with E-state index in [-0.39, 0.29) is 0 Å². The van der Waals surface area contributed by atoms with Crippen LogP contribution < -0.4 is 5.32 Å². The molecule has 14 heavy (non-hydrogen) atoms. The van der Waals surface area contributed by atoms with Crippen LogP contribution in [0, 0.1) is 11.8 Å². The van der Waals surface area contributed by atoms with Crippen molar-refractivity contribution < 1.29 is 0 Å². The van der Waals surface area contributed by atoms with Crippen LogP contribution in [-0.4, -0.2) is 18.5 Å². The van der Waals surface area contributed by atoms with Gasteiger partial charge in [0.1, 0.15) is 0 Å². The molecule has 1 fully saturated rings. The van der Waals surface area contributed by atoms with Crippen molar-refractivity contribution >= 4 is 11.6 Å². The fraction of sp³-hybridized carbons (Fsp3) is 1.00. The number of hydrogen-bond acceptors (Lipinski definition) is 1. The van der Waals surface area contributed by atoms with Gasteiger partial charge >= 0.3 is 0 Å². The molecule has 1 aliphatic rings. The van der Waals surface area contributed by atoms with Crippen LogP contribution in [0.25, 0.3) is 0 Å². The number of hydrogen-bond donors (Lipinski definition) is 1. The van der Waals surface area contributed by atoms with E-state index in [2.05, 4.69) is 19.2 Å². The van der Waals surface area contributed by atoms with Crippen molar-refractivity contribution in [3.8, 4) is 0 Å². The molecular weight excluding hydrogens is 194 g/mol. The standard InChI is InChI=1S/C12H24ClN/c1-3-10(2)8-14-9-11-5-4-6-12(13)7-11/h10-12,14H,3-9H2,1-2H3. The quantitative estimate of drug-likeness (QED) is 0.696. The van der Waals surface area contributed by atoms with Gasteiger partial charge in [-0.05, 0) is 44.2 Å². The van der Waals surface area contributed by atoms with E-state index in [0.717, 1.165) is 11.8 Å². The molecule has 84 valence electrons. The lowest BCUT2D eigenvalue weighted by Gasteiger charge is -2.26. The molecule has 1 saturated carbocycles. The maximum absolute atomic E-state index is 6.15. The first-order valence-corrected chi connectivity index (χ1v) is 6.50. The molecule has 0 aliphatic heterocycles. The number of halogens is 1. The van der Waals surface area contributed by atoms with Crippen molar-refractivity contribution in [2.75, 3.05) is 13.1 Å². The summed E-state index contributed by atoms with van der Waals surface area (Å²) in [5.41, 5.74) is 0. The molecule has 2 heteroatoms. The van der Waals surface area contributed by atoms with Crippen LogP contribution >= 0.6 is 11.6 Å². The van der Waals surface area contributed by atoms with Crippen molar-refractivity contribution in [3.63, 3.8) is 0 Å². The number of nitrogens with one attached hydrogen (secondary N) is 1. The Bertz CT molecular complexity index is 149. The van der Waals surface area contributed by atoms with Gasteiger partial charge in [-0.3, -0.25) is 0 Å². The van der Waals surface area contributed by atoms with Crippen molar-refractivity contribution in [2.24, 2.45) is 11.8 Å². The van der Waals surface area contributed by atoms with Crippen molar-refractivity contribution in [1.29, 1.82) is 0 Å². The minimum absolute atomic E-state index is 0.444. The Kier molecular flexibility index (Phi) is 5.88. The van der Waals surface area contributed by atoms with Crippen molar-refractivity contribution in [2.45, 2.75) is 51.3 Å². The molecule has 0 aromatic carbocycles. The summed E-state index contributed by atoms with van der Waals surface area (Å²) < 4.78 is 0. The first-order chi connectivity index (χ1) is 6.72. The minimum atomic E-state index is 0.444. The van der Waals surface area contributed by atoms with Crippen LogP contribution in [0.2, 0.25) is 0 Å². The lowest BCUT2D eigenvalue weighted by Crippen LogP contribution is -2.30. The highest BCUT2D eigenvalue weighted by Crippen LogP contribution is 2.27. The molecule has 1 nitrogen and oxygen atoms in total. The molecule has 0 aromatic rings. The number of rotatable bonds is 5. The van der Waals surface area contributed by atoms with Gasteiger partial charge in [0.2, 0.25) is 0 Å². The third-order valence-electron chi connectivity index (χ3n) is 3.34. The highest BCUT2D eigenvalue weighted by Gasteiger charge is 2.19. The highest BCUT2D eigenvalue weighted by molar-refractivity contribution is 6.20. The van der Waals surface area contributed by atoms with E-state index in [1.165, 1.54) is 45.2 Å². The Labute approximate surface area is 93.6 Å². The molecule has 0 aromatic heterocycles. The molecule has 1 N–H and O–H groups in total. The van der Waals surface area contributed by atoms with Crippen LogP contribution in [0.5, 0.6) is 0 Å². The first kappa shape index (κ1) is 12.3. The van der Waals surface area contributed by atoms with Gasteiger partial charge in [-0.1, -0.05) is 26.7 Å². The molecule has 1 aliphatic carbocycles. The minimum Gasteiger partial charge on any atom is -0.316 e. The fourth-order valence-corrected chi connectivity index (χ4v) is 2.50. The van der Waals surface area contributed by atoms with Crippen LogP contribution in [0.15, 0.2) is 0 Å². The van der Waals surface area contributed by atoms with E-state index in [9.17, 15) is 0 Å². The molecule has 1 rings (SSSR count). The van der Waals surface area contributed by atoms with E-state index < -0.39 is 0 Å². The van der Waals surface area contributed by atoms with Crippen molar-refractivity contribution in [3.05, 3.63) is 0 Å². The zero-order valence-electron chi connectivity index (χ0n) is 9.56. The maximum Gasteiger partial charge on any atom is 0.0339 e. The molecule has 0 radical (unpaired) electrons. The van der Waals surface area contributed by atoms with Crippen molar-refractivity contribution in [1.82, 2.24) is 5.32 Å². The monoisotopic (exact) mass is 217 g/mol.